The second-order valence-electron chi connectivity index (χ2n) is 0.594. The second-order valence-corrected chi connectivity index (χ2v) is 0.960. The monoisotopic (exact) mass is 160 g/mol. The molecule has 2 nitrogen and oxygen atoms in total. The van der Waals surface area contributed by atoms with Crippen LogP contribution < -0.4 is 0 Å². The van der Waals surface area contributed by atoms with Crippen LogP contribution in [0.2, 0.25) is 0 Å². The molecule has 0 spiro atoms. The summed E-state index contributed by atoms with van der Waals surface area (Å²) in [6.45, 7) is 1.39. The molecule has 0 saturated carbocycles. The summed E-state index contributed by atoms with van der Waals surface area (Å²) in [6.07, 6.45) is 0. The second kappa shape index (κ2) is 2.34. The third kappa shape index (κ3) is 4.09. The molecule has 0 rings (SSSR count). The van der Waals surface area contributed by atoms with Gasteiger partial charge in [-0.25, -0.2) is 0 Å². The van der Waals surface area contributed by atoms with Crippen LogP contribution in [0.5, 0.6) is 0 Å². The van der Waals surface area contributed by atoms with Gasteiger partial charge in [0.25, 0.3) is 0 Å². The maximum absolute atomic E-state index is 9.62. The Hall–Kier alpha value is 0.0934. The van der Waals surface area contributed by atoms with Gasteiger partial charge in [0.2, 0.25) is 0 Å². The quantitative estimate of drug-likeness (QED) is 0.467. The van der Waals surface area contributed by atoms with Gasteiger partial charge in [-0.15, -0.1) is 0 Å². The van der Waals surface area contributed by atoms with E-state index in [1.54, 1.807) is 0 Å². The van der Waals surface area contributed by atoms with Crippen molar-refractivity contribution < 1.29 is 22.9 Å². The van der Waals surface area contributed by atoms with Gasteiger partial charge in [0, 0.05) is 0 Å². The van der Waals surface area contributed by atoms with Crippen molar-refractivity contribution in [1.82, 2.24) is 0 Å². The van der Waals surface area contributed by atoms with E-state index in [1.165, 1.54) is 6.92 Å². The molecule has 1 amide bonds. The molecule has 0 bridgehead atoms. The average molecular weight is 160 g/mol. The zero-order valence-electron chi connectivity index (χ0n) is 2.69. The molecule has 0 aliphatic rings. The van der Waals surface area contributed by atoms with Gasteiger partial charge >= 0.3 is 39.4 Å². The Bertz CT molecular complexity index is 60.7. The predicted octanol–water partition coefficient (Wildman–Crippen LogP) is 0.263. The molecular weight excluding hydrogens is 157 g/mol. The van der Waals surface area contributed by atoms with Crippen molar-refractivity contribution in [2.75, 3.05) is 0 Å². The summed E-state index contributed by atoms with van der Waals surface area (Å²) in [5.41, 5.74) is 0. The molecule has 31 valence electrons. The van der Waals surface area contributed by atoms with Crippen LogP contribution in [0.4, 0.5) is 0 Å². The number of rotatable bonds is 0. The van der Waals surface area contributed by atoms with Gasteiger partial charge in [-0.2, -0.15) is 0 Å². The SMILES string of the molecule is CC(=O)[N]=[Rh]. The fourth-order valence-corrected chi connectivity index (χ4v) is 0. The number of nitrogens with zero attached hydrogens (tertiary/aromatic N) is 1. The topological polar surface area (TPSA) is 29.4 Å². The Morgan fingerprint density at radius 1 is 2.00 bits per heavy atom. The summed E-state index contributed by atoms with van der Waals surface area (Å²) < 4.78 is 3.14. The molecule has 0 aliphatic carbocycles. The van der Waals surface area contributed by atoms with E-state index >= 15 is 0 Å². The van der Waals surface area contributed by atoms with Crippen LogP contribution in [0.1, 0.15) is 6.92 Å². The first-order chi connectivity index (χ1) is 2.27. The van der Waals surface area contributed by atoms with Crippen molar-refractivity contribution in [2.45, 2.75) is 6.92 Å². The van der Waals surface area contributed by atoms with Crippen molar-refractivity contribution in [1.29, 1.82) is 0 Å². The fourth-order valence-electron chi connectivity index (χ4n) is 0. The van der Waals surface area contributed by atoms with Crippen molar-refractivity contribution in [3.63, 3.8) is 0 Å². The number of amides is 1. The Labute approximate surface area is 40.1 Å². The first-order valence-corrected chi connectivity index (χ1v) is 1.81. The average Bonchev–Trinajstić information content (AvgIpc) is 1.38. The van der Waals surface area contributed by atoms with Gasteiger partial charge in [0.1, 0.15) is 0 Å². The van der Waals surface area contributed by atoms with Crippen LogP contribution >= 0.6 is 0 Å². The first-order valence-electron chi connectivity index (χ1n) is 1.08. The van der Waals surface area contributed by atoms with E-state index in [4.69, 9.17) is 0 Å². The zero-order chi connectivity index (χ0) is 4.28. The van der Waals surface area contributed by atoms with E-state index in [0.717, 1.165) is 0 Å². The summed E-state index contributed by atoms with van der Waals surface area (Å²) in [4.78, 5) is 9.62. The van der Waals surface area contributed by atoms with E-state index in [-0.39, 0.29) is 5.91 Å². The molecule has 0 aliphatic heterocycles. The van der Waals surface area contributed by atoms with Crippen LogP contribution in [0.15, 0.2) is 3.68 Å². The molecule has 0 saturated heterocycles. The molecule has 5 heavy (non-hydrogen) atoms. The molecule has 0 fully saturated rings. The number of carbonyl (C=O) groups excluding carboxylic acids is 1. The van der Waals surface area contributed by atoms with E-state index in [9.17, 15) is 4.79 Å². The summed E-state index contributed by atoms with van der Waals surface area (Å²) in [6, 6.07) is 0. The molecule has 0 unspecified atom stereocenters. The van der Waals surface area contributed by atoms with Crippen molar-refractivity contribution in [3.05, 3.63) is 0 Å². The Morgan fingerprint density at radius 2 is 2.20 bits per heavy atom. The number of hydrogen-bond donors (Lipinski definition) is 0. The third-order valence-corrected chi connectivity index (χ3v) is 0.621. The van der Waals surface area contributed by atoms with E-state index in [1.807, 2.05) is 0 Å². The Kier molecular flexibility index (Phi) is 2.38. The molecule has 0 atom stereocenters. The fraction of sp³-hybridized carbons (Fsp3) is 0.500. The molecule has 0 N–H and O–H groups in total. The molecule has 3 heteroatoms. The van der Waals surface area contributed by atoms with Gasteiger partial charge in [-0.05, 0) is 0 Å². The first kappa shape index (κ1) is 5.09. The minimum atomic E-state index is -0.169. The summed E-state index contributed by atoms with van der Waals surface area (Å²) >= 11 is 2.13. The molecular formula is C2H3NORh. The summed E-state index contributed by atoms with van der Waals surface area (Å²) in [7, 11) is 0. The van der Waals surface area contributed by atoms with Gasteiger partial charge < -0.3 is 0 Å². The number of carbonyl (C=O) groups is 1. The van der Waals surface area contributed by atoms with Crippen LogP contribution in [0, 0.1) is 0 Å². The summed E-state index contributed by atoms with van der Waals surface area (Å²) in [5.74, 6) is -0.169. The van der Waals surface area contributed by atoms with Gasteiger partial charge in [-0.3, -0.25) is 0 Å². The van der Waals surface area contributed by atoms with Crippen molar-refractivity contribution in [2.24, 2.45) is 3.68 Å². The standard InChI is InChI=1S/C2H3NO.Rh/c1-2(3)4;/h1H3;. The third-order valence-electron chi connectivity index (χ3n) is 0.105. The van der Waals surface area contributed by atoms with Crippen LogP contribution in [-0.4, -0.2) is 5.91 Å². The van der Waals surface area contributed by atoms with Crippen LogP contribution in [-0.2, 0) is 22.9 Å². The van der Waals surface area contributed by atoms with Crippen molar-refractivity contribution >= 4 is 5.91 Å². The predicted molar refractivity (Wildman–Crippen MR) is 13.1 cm³/mol. The zero-order valence-corrected chi connectivity index (χ0v) is 4.33. The molecule has 0 heterocycles. The van der Waals surface area contributed by atoms with E-state index in [2.05, 4.69) is 21.8 Å². The van der Waals surface area contributed by atoms with E-state index < -0.39 is 0 Å². The van der Waals surface area contributed by atoms with E-state index in [0.29, 0.717) is 0 Å². The maximum atomic E-state index is 9.62. The van der Waals surface area contributed by atoms with Gasteiger partial charge in [-0.1, -0.05) is 0 Å². The van der Waals surface area contributed by atoms with Crippen LogP contribution in [0.25, 0.3) is 0 Å². The molecule has 0 aromatic carbocycles. The Balaban J connectivity index is 3.20. The molecule has 0 aromatic heterocycles. The van der Waals surface area contributed by atoms with Gasteiger partial charge in [0.15, 0.2) is 0 Å². The van der Waals surface area contributed by atoms with Crippen molar-refractivity contribution in [3.8, 4) is 0 Å². The number of hydrogen-bond acceptors (Lipinski definition) is 1. The minimum absolute atomic E-state index is 0.169. The van der Waals surface area contributed by atoms with Gasteiger partial charge in [0.05, 0.1) is 0 Å². The molecule has 0 radical (unpaired) electrons. The normalized spacial score (nSPS) is 6.80. The Morgan fingerprint density at radius 3 is 2.20 bits per heavy atom. The molecule has 0 aromatic rings. The van der Waals surface area contributed by atoms with Crippen LogP contribution in [0.3, 0.4) is 0 Å². The summed E-state index contributed by atoms with van der Waals surface area (Å²) in [5, 5.41) is 0.